The highest BCUT2D eigenvalue weighted by Gasteiger charge is 2.45. The molecule has 0 aliphatic carbocycles. The van der Waals surface area contributed by atoms with Crippen molar-refractivity contribution in [3.8, 4) is 17.0 Å². The van der Waals surface area contributed by atoms with Crippen LogP contribution in [0.3, 0.4) is 0 Å². The molecule has 2 heterocycles. The SMILES string of the molecule is COc1cccc(-c2cn(CC3OC(OCCCCCCNC(=O)C(C)C(C)C(N)=O)C(NC(C)=O)C(O)C3O)nn2)c1. The van der Waals surface area contributed by atoms with Gasteiger partial charge in [0.15, 0.2) is 6.29 Å². The van der Waals surface area contributed by atoms with Crippen LogP contribution < -0.4 is 21.1 Å². The van der Waals surface area contributed by atoms with E-state index >= 15 is 0 Å². The third-order valence-electron chi connectivity index (χ3n) is 7.61. The molecular weight excluding hydrogens is 560 g/mol. The first kappa shape index (κ1) is 33.9. The highest BCUT2D eigenvalue weighted by molar-refractivity contribution is 5.86. The third-order valence-corrected chi connectivity index (χ3v) is 7.61. The fraction of sp³-hybridized carbons (Fsp3) is 0.621. The van der Waals surface area contributed by atoms with Crippen molar-refractivity contribution in [2.75, 3.05) is 20.3 Å². The van der Waals surface area contributed by atoms with Gasteiger partial charge in [-0.15, -0.1) is 5.10 Å². The maximum absolute atomic E-state index is 12.2. The van der Waals surface area contributed by atoms with Gasteiger partial charge in [-0.1, -0.05) is 44.0 Å². The Kier molecular flexibility index (Phi) is 12.9. The van der Waals surface area contributed by atoms with Gasteiger partial charge < -0.3 is 40.8 Å². The van der Waals surface area contributed by atoms with Crippen LogP contribution in [0, 0.1) is 11.8 Å². The Bertz CT molecular complexity index is 1210. The highest BCUT2D eigenvalue weighted by atomic mass is 16.7. The maximum Gasteiger partial charge on any atom is 0.223 e. The molecule has 2 aromatic rings. The summed E-state index contributed by atoms with van der Waals surface area (Å²) in [5.74, 6) is -1.45. The lowest BCUT2D eigenvalue weighted by molar-refractivity contribution is -0.267. The molecule has 14 nitrogen and oxygen atoms in total. The Morgan fingerprint density at radius 2 is 1.86 bits per heavy atom. The van der Waals surface area contributed by atoms with Crippen molar-refractivity contribution in [2.24, 2.45) is 17.6 Å². The Labute approximate surface area is 251 Å². The minimum Gasteiger partial charge on any atom is -0.497 e. The predicted octanol–water partition coefficient (Wildman–Crippen LogP) is 0.356. The highest BCUT2D eigenvalue weighted by Crippen LogP contribution is 2.25. The smallest absolute Gasteiger partial charge is 0.223 e. The molecular formula is C29H44N6O8. The van der Waals surface area contributed by atoms with Gasteiger partial charge in [0.2, 0.25) is 17.7 Å². The largest absolute Gasteiger partial charge is 0.497 e. The normalized spacial score (nSPS) is 23.3. The van der Waals surface area contributed by atoms with Gasteiger partial charge in [-0.2, -0.15) is 0 Å². The molecule has 3 amide bonds. The zero-order valence-corrected chi connectivity index (χ0v) is 25.1. The van der Waals surface area contributed by atoms with Gasteiger partial charge in [0.1, 0.15) is 35.8 Å². The van der Waals surface area contributed by atoms with Crippen molar-refractivity contribution < 1.29 is 38.8 Å². The molecule has 7 unspecified atom stereocenters. The number of ether oxygens (including phenoxy) is 3. The van der Waals surface area contributed by atoms with E-state index in [1.807, 2.05) is 24.3 Å². The average Bonchev–Trinajstić information content (AvgIpc) is 3.46. The lowest BCUT2D eigenvalue weighted by Crippen LogP contribution is -2.64. The minimum atomic E-state index is -1.34. The number of nitrogens with zero attached hydrogens (tertiary/aromatic N) is 3. The molecule has 0 spiro atoms. The molecule has 1 saturated heterocycles. The number of amides is 3. The molecule has 1 aromatic carbocycles. The van der Waals surface area contributed by atoms with Crippen molar-refractivity contribution >= 4 is 17.7 Å². The number of rotatable bonds is 16. The van der Waals surface area contributed by atoms with Crippen LogP contribution in [-0.4, -0.2) is 93.8 Å². The Morgan fingerprint density at radius 3 is 2.56 bits per heavy atom. The van der Waals surface area contributed by atoms with Gasteiger partial charge in [-0.25, -0.2) is 4.68 Å². The molecule has 1 aliphatic heterocycles. The minimum absolute atomic E-state index is 0.0877. The standard InChI is InChI=1S/C29H44N6O8/c1-17(27(30)39)18(2)28(40)31-12-7-5-6-8-13-42-29-24(32-19(3)36)26(38)25(37)23(43-29)16-35-15-22(33-34-35)20-10-9-11-21(14-20)41-4/h9-11,14-15,17-18,23-26,29,37-38H,5-8,12-13,16H2,1-4H3,(H2,30,39)(H,31,40)(H,32,36). The topological polar surface area (TPSA) is 200 Å². The second-order valence-corrected chi connectivity index (χ2v) is 10.9. The van der Waals surface area contributed by atoms with Gasteiger partial charge in [0.05, 0.1) is 19.9 Å². The molecule has 7 atom stereocenters. The zero-order valence-electron chi connectivity index (χ0n) is 25.1. The number of unbranched alkanes of at least 4 members (excludes halogenated alkanes) is 3. The van der Waals surface area contributed by atoms with E-state index in [2.05, 4.69) is 20.9 Å². The summed E-state index contributed by atoms with van der Waals surface area (Å²) in [5, 5.41) is 35.4. The Balaban J connectivity index is 1.49. The number of hydrogen-bond acceptors (Lipinski definition) is 10. The van der Waals surface area contributed by atoms with Crippen molar-refractivity contribution in [1.82, 2.24) is 25.6 Å². The molecule has 6 N–H and O–H groups in total. The number of benzene rings is 1. The molecule has 0 radical (unpaired) electrons. The van der Waals surface area contributed by atoms with Gasteiger partial charge in [0, 0.05) is 37.5 Å². The second-order valence-electron chi connectivity index (χ2n) is 10.9. The first-order valence-electron chi connectivity index (χ1n) is 14.5. The number of aliphatic hydroxyl groups excluding tert-OH is 2. The quantitative estimate of drug-likeness (QED) is 0.167. The van der Waals surface area contributed by atoms with E-state index in [0.29, 0.717) is 31.0 Å². The van der Waals surface area contributed by atoms with Crippen LogP contribution in [0.2, 0.25) is 0 Å². The summed E-state index contributed by atoms with van der Waals surface area (Å²) >= 11 is 0. The van der Waals surface area contributed by atoms with E-state index in [-0.39, 0.29) is 12.5 Å². The molecule has 1 fully saturated rings. The predicted molar refractivity (Wildman–Crippen MR) is 155 cm³/mol. The Hall–Kier alpha value is -3.59. The van der Waals surface area contributed by atoms with Crippen LogP contribution in [-0.2, 0) is 30.4 Å². The number of nitrogens with one attached hydrogen (secondary N) is 2. The molecule has 238 valence electrons. The summed E-state index contributed by atoms with van der Waals surface area (Å²) < 4.78 is 18.7. The van der Waals surface area contributed by atoms with Crippen LogP contribution in [0.1, 0.15) is 46.5 Å². The number of methoxy groups -OCH3 is 1. The first-order valence-corrected chi connectivity index (χ1v) is 14.5. The lowest BCUT2D eigenvalue weighted by atomic mass is 9.94. The van der Waals surface area contributed by atoms with Crippen LogP contribution in [0.5, 0.6) is 5.75 Å². The van der Waals surface area contributed by atoms with Crippen molar-refractivity contribution in [1.29, 1.82) is 0 Å². The summed E-state index contributed by atoms with van der Waals surface area (Å²) in [7, 11) is 1.58. The third kappa shape index (κ3) is 9.71. The molecule has 43 heavy (non-hydrogen) atoms. The summed E-state index contributed by atoms with van der Waals surface area (Å²) in [6, 6.07) is 6.40. The van der Waals surface area contributed by atoms with E-state index in [9.17, 15) is 24.6 Å². The van der Waals surface area contributed by atoms with E-state index in [0.717, 1.165) is 24.8 Å². The zero-order chi connectivity index (χ0) is 31.5. The lowest BCUT2D eigenvalue weighted by Gasteiger charge is -2.42. The van der Waals surface area contributed by atoms with Crippen molar-refractivity contribution in [3.05, 3.63) is 30.5 Å². The Morgan fingerprint density at radius 1 is 1.12 bits per heavy atom. The van der Waals surface area contributed by atoms with Crippen LogP contribution in [0.15, 0.2) is 30.5 Å². The molecule has 1 aliphatic rings. The molecule has 3 rings (SSSR count). The van der Waals surface area contributed by atoms with E-state index in [1.54, 1.807) is 27.2 Å². The number of carbonyl (C=O) groups is 3. The van der Waals surface area contributed by atoms with E-state index < -0.39 is 54.3 Å². The summed E-state index contributed by atoms with van der Waals surface area (Å²) in [4.78, 5) is 35.2. The number of nitrogens with two attached hydrogens (primary N) is 1. The van der Waals surface area contributed by atoms with Crippen LogP contribution >= 0.6 is 0 Å². The monoisotopic (exact) mass is 604 g/mol. The molecule has 1 aromatic heterocycles. The molecule has 14 heteroatoms. The van der Waals surface area contributed by atoms with Crippen LogP contribution in [0.25, 0.3) is 11.3 Å². The van der Waals surface area contributed by atoms with Gasteiger partial charge in [0.25, 0.3) is 0 Å². The van der Waals surface area contributed by atoms with Crippen molar-refractivity contribution in [3.63, 3.8) is 0 Å². The van der Waals surface area contributed by atoms with Gasteiger partial charge in [-0.05, 0) is 25.0 Å². The average molecular weight is 605 g/mol. The molecule has 0 saturated carbocycles. The van der Waals surface area contributed by atoms with Gasteiger partial charge >= 0.3 is 0 Å². The molecule has 0 bridgehead atoms. The van der Waals surface area contributed by atoms with Crippen molar-refractivity contribution in [2.45, 2.75) is 83.6 Å². The fourth-order valence-electron chi connectivity index (χ4n) is 4.73. The summed E-state index contributed by atoms with van der Waals surface area (Å²) in [6.45, 7) is 5.49. The summed E-state index contributed by atoms with van der Waals surface area (Å²) in [6.07, 6.45) is 0.232. The van der Waals surface area contributed by atoms with E-state index in [4.69, 9.17) is 19.9 Å². The summed E-state index contributed by atoms with van der Waals surface area (Å²) in [5.41, 5.74) is 6.68. The van der Waals surface area contributed by atoms with Crippen LogP contribution in [0.4, 0.5) is 0 Å². The number of carbonyl (C=O) groups excluding carboxylic acids is 3. The maximum atomic E-state index is 12.2. The number of aromatic nitrogens is 3. The number of primary amides is 1. The van der Waals surface area contributed by atoms with Gasteiger partial charge in [-0.3, -0.25) is 14.4 Å². The fourth-order valence-corrected chi connectivity index (χ4v) is 4.73. The number of aliphatic hydroxyl groups is 2. The second kappa shape index (κ2) is 16.3. The first-order chi connectivity index (χ1) is 20.5. The van der Waals surface area contributed by atoms with E-state index in [1.165, 1.54) is 11.6 Å². The number of hydrogen-bond donors (Lipinski definition) is 5.